The molecule has 5 rings (SSSR count). The Kier molecular flexibility index (Phi) is 5.84. The van der Waals surface area contributed by atoms with Crippen molar-refractivity contribution in [3.05, 3.63) is 30.7 Å². The lowest BCUT2D eigenvalue weighted by molar-refractivity contribution is 0.311. The van der Waals surface area contributed by atoms with Gasteiger partial charge in [-0.15, -0.1) is 0 Å². The summed E-state index contributed by atoms with van der Waals surface area (Å²) in [6, 6.07) is 6.47. The SMILES string of the molecule is OCCNc1nc(N2CCN(c3ccccn3)CC2)nc2c1ncn2C1CCCCC1. The third kappa shape index (κ3) is 4.14. The van der Waals surface area contributed by atoms with Crippen molar-refractivity contribution in [3.63, 3.8) is 0 Å². The van der Waals surface area contributed by atoms with E-state index in [1.807, 2.05) is 24.7 Å². The molecule has 31 heavy (non-hydrogen) atoms. The van der Waals surface area contributed by atoms with E-state index in [4.69, 9.17) is 9.97 Å². The molecule has 3 aromatic rings. The van der Waals surface area contributed by atoms with Crippen molar-refractivity contribution in [2.45, 2.75) is 38.1 Å². The van der Waals surface area contributed by atoms with Gasteiger partial charge in [0.25, 0.3) is 0 Å². The molecule has 0 aromatic carbocycles. The molecule has 1 aliphatic heterocycles. The smallest absolute Gasteiger partial charge is 0.229 e. The van der Waals surface area contributed by atoms with Crippen molar-refractivity contribution in [1.29, 1.82) is 0 Å². The average Bonchev–Trinajstić information content (AvgIpc) is 3.28. The maximum Gasteiger partial charge on any atom is 0.229 e. The molecular weight excluding hydrogens is 392 g/mol. The second kappa shape index (κ2) is 9.05. The number of aromatic nitrogens is 5. The van der Waals surface area contributed by atoms with Gasteiger partial charge in [0.2, 0.25) is 5.95 Å². The summed E-state index contributed by atoms with van der Waals surface area (Å²) < 4.78 is 2.24. The summed E-state index contributed by atoms with van der Waals surface area (Å²) >= 11 is 0. The van der Waals surface area contributed by atoms with Crippen LogP contribution in [0.1, 0.15) is 38.1 Å². The number of hydrogen-bond acceptors (Lipinski definition) is 8. The fraction of sp³-hybridized carbons (Fsp3) is 0.545. The number of aliphatic hydroxyl groups is 1. The normalized spacial score (nSPS) is 18.0. The molecule has 2 fully saturated rings. The van der Waals surface area contributed by atoms with Crippen LogP contribution in [-0.2, 0) is 0 Å². The van der Waals surface area contributed by atoms with E-state index >= 15 is 0 Å². The molecule has 0 unspecified atom stereocenters. The summed E-state index contributed by atoms with van der Waals surface area (Å²) in [5, 5.41) is 12.6. The predicted octanol–water partition coefficient (Wildman–Crippen LogP) is 2.46. The maximum atomic E-state index is 9.31. The third-order valence-corrected chi connectivity index (χ3v) is 6.32. The molecule has 2 N–H and O–H groups in total. The number of pyridine rings is 1. The van der Waals surface area contributed by atoms with Crippen LogP contribution in [0.2, 0.25) is 0 Å². The molecule has 9 nitrogen and oxygen atoms in total. The Bertz CT molecular complexity index is 993. The van der Waals surface area contributed by atoms with Gasteiger partial charge in [-0.3, -0.25) is 0 Å². The molecule has 0 bridgehead atoms. The fourth-order valence-electron chi connectivity index (χ4n) is 4.65. The van der Waals surface area contributed by atoms with Gasteiger partial charge in [-0.1, -0.05) is 25.3 Å². The summed E-state index contributed by atoms with van der Waals surface area (Å²) in [6.07, 6.45) is 9.93. The van der Waals surface area contributed by atoms with Crippen LogP contribution in [-0.4, -0.2) is 68.9 Å². The Morgan fingerprint density at radius 1 is 0.968 bits per heavy atom. The van der Waals surface area contributed by atoms with Crippen LogP contribution in [0.15, 0.2) is 30.7 Å². The molecule has 2 aliphatic rings. The lowest BCUT2D eigenvalue weighted by Crippen LogP contribution is -2.47. The van der Waals surface area contributed by atoms with Crippen molar-refractivity contribution in [2.24, 2.45) is 0 Å². The van der Waals surface area contributed by atoms with Crippen molar-refractivity contribution in [1.82, 2.24) is 24.5 Å². The van der Waals surface area contributed by atoms with Gasteiger partial charge in [-0.2, -0.15) is 9.97 Å². The average molecular weight is 423 g/mol. The van der Waals surface area contributed by atoms with Crippen molar-refractivity contribution >= 4 is 28.7 Å². The largest absolute Gasteiger partial charge is 0.395 e. The Morgan fingerprint density at radius 3 is 2.52 bits per heavy atom. The quantitative estimate of drug-likeness (QED) is 0.626. The molecule has 3 aromatic heterocycles. The number of anilines is 3. The first kappa shape index (κ1) is 20.0. The van der Waals surface area contributed by atoms with Gasteiger partial charge >= 0.3 is 0 Å². The molecule has 0 atom stereocenters. The van der Waals surface area contributed by atoms with Crippen molar-refractivity contribution < 1.29 is 5.11 Å². The first-order chi connectivity index (χ1) is 15.3. The number of rotatable bonds is 6. The van der Waals surface area contributed by atoms with E-state index < -0.39 is 0 Å². The zero-order valence-corrected chi connectivity index (χ0v) is 17.8. The summed E-state index contributed by atoms with van der Waals surface area (Å²) in [6.45, 7) is 3.90. The van der Waals surface area contributed by atoms with E-state index in [1.165, 1.54) is 32.1 Å². The lowest BCUT2D eigenvalue weighted by Gasteiger charge is -2.35. The number of aliphatic hydroxyl groups excluding tert-OH is 1. The van der Waals surface area contributed by atoms with Crippen LogP contribution in [0.25, 0.3) is 11.2 Å². The van der Waals surface area contributed by atoms with Crippen LogP contribution in [0.5, 0.6) is 0 Å². The zero-order chi connectivity index (χ0) is 21.0. The van der Waals surface area contributed by atoms with E-state index in [2.05, 4.69) is 35.7 Å². The topological polar surface area (TPSA) is 95.2 Å². The second-order valence-corrected chi connectivity index (χ2v) is 8.30. The van der Waals surface area contributed by atoms with Crippen molar-refractivity contribution in [2.75, 3.05) is 54.4 Å². The monoisotopic (exact) mass is 422 g/mol. The number of imidazole rings is 1. The Labute approximate surface area is 182 Å². The van der Waals surface area contributed by atoms with E-state index in [9.17, 15) is 5.11 Å². The first-order valence-corrected chi connectivity index (χ1v) is 11.3. The number of nitrogens with zero attached hydrogens (tertiary/aromatic N) is 7. The van der Waals surface area contributed by atoms with Crippen LogP contribution < -0.4 is 15.1 Å². The Balaban J connectivity index is 1.42. The zero-order valence-electron chi connectivity index (χ0n) is 17.8. The highest BCUT2D eigenvalue weighted by Gasteiger charge is 2.24. The highest BCUT2D eigenvalue weighted by Crippen LogP contribution is 2.32. The second-order valence-electron chi connectivity index (χ2n) is 8.30. The van der Waals surface area contributed by atoms with Gasteiger partial charge < -0.3 is 24.8 Å². The minimum atomic E-state index is 0.0485. The standard InChI is InChI=1S/C22H30N8O/c31-15-10-24-20-19-21(30(16-25-19)17-6-2-1-3-7-17)27-22(26-20)29-13-11-28(12-14-29)18-8-4-5-9-23-18/h4-5,8-9,16-17,31H,1-3,6-7,10-15H2,(H,24,26,27). The number of nitrogens with one attached hydrogen (secondary N) is 1. The minimum absolute atomic E-state index is 0.0485. The van der Waals surface area contributed by atoms with Gasteiger partial charge in [0.15, 0.2) is 17.0 Å². The van der Waals surface area contributed by atoms with E-state index in [-0.39, 0.29) is 6.61 Å². The van der Waals surface area contributed by atoms with Gasteiger partial charge in [0, 0.05) is 45.0 Å². The predicted molar refractivity (Wildman–Crippen MR) is 122 cm³/mol. The van der Waals surface area contributed by atoms with Crippen LogP contribution in [0, 0.1) is 0 Å². The van der Waals surface area contributed by atoms with Gasteiger partial charge in [0.05, 0.1) is 12.9 Å². The molecule has 9 heteroatoms. The molecular formula is C22H30N8O. The van der Waals surface area contributed by atoms with E-state index in [0.717, 1.165) is 49.1 Å². The summed E-state index contributed by atoms with van der Waals surface area (Å²) in [5.41, 5.74) is 1.68. The van der Waals surface area contributed by atoms with Crippen molar-refractivity contribution in [3.8, 4) is 0 Å². The Morgan fingerprint density at radius 2 is 1.77 bits per heavy atom. The molecule has 1 saturated heterocycles. The molecule has 0 radical (unpaired) electrons. The van der Waals surface area contributed by atoms with Gasteiger partial charge in [-0.25, -0.2) is 9.97 Å². The van der Waals surface area contributed by atoms with E-state index in [0.29, 0.717) is 18.4 Å². The maximum absolute atomic E-state index is 9.31. The molecule has 0 amide bonds. The van der Waals surface area contributed by atoms with Gasteiger partial charge in [0.1, 0.15) is 5.82 Å². The molecule has 4 heterocycles. The number of hydrogen-bond donors (Lipinski definition) is 2. The highest BCUT2D eigenvalue weighted by atomic mass is 16.3. The highest BCUT2D eigenvalue weighted by molar-refractivity contribution is 5.84. The first-order valence-electron chi connectivity index (χ1n) is 11.3. The van der Waals surface area contributed by atoms with Gasteiger partial charge in [-0.05, 0) is 25.0 Å². The van der Waals surface area contributed by atoms with Crippen LogP contribution in [0.3, 0.4) is 0 Å². The summed E-state index contributed by atoms with van der Waals surface area (Å²) in [5.74, 6) is 2.45. The van der Waals surface area contributed by atoms with Crippen LogP contribution in [0.4, 0.5) is 17.6 Å². The summed E-state index contributed by atoms with van der Waals surface area (Å²) in [4.78, 5) is 23.4. The fourth-order valence-corrected chi connectivity index (χ4v) is 4.65. The number of fused-ring (bicyclic) bond motifs is 1. The van der Waals surface area contributed by atoms with Crippen LogP contribution >= 0.6 is 0 Å². The van der Waals surface area contributed by atoms with E-state index in [1.54, 1.807) is 0 Å². The molecule has 1 saturated carbocycles. The molecule has 1 aliphatic carbocycles. The number of piperazine rings is 1. The lowest BCUT2D eigenvalue weighted by atomic mass is 9.95. The third-order valence-electron chi connectivity index (χ3n) is 6.32. The molecule has 164 valence electrons. The molecule has 0 spiro atoms. The minimum Gasteiger partial charge on any atom is -0.395 e. The summed E-state index contributed by atoms with van der Waals surface area (Å²) in [7, 11) is 0. The Hall–Kier alpha value is -2.94.